The maximum atomic E-state index is 5.38. The molecule has 18 heavy (non-hydrogen) atoms. The fourth-order valence-corrected chi connectivity index (χ4v) is 2.89. The minimum absolute atomic E-state index is 0.204. The number of nitrogens with one attached hydrogen (secondary N) is 2. The lowest BCUT2D eigenvalue weighted by Gasteiger charge is -2.21. The van der Waals surface area contributed by atoms with Gasteiger partial charge < -0.3 is 15.4 Å². The van der Waals surface area contributed by atoms with E-state index >= 15 is 0 Å². The number of thioether (sulfide) groups is 1. The largest absolute Gasteiger partial charge is 0.377 e. The molecule has 1 unspecified atom stereocenters. The summed E-state index contributed by atoms with van der Waals surface area (Å²) in [4.78, 5) is 4.58. The molecule has 5 heteroatoms. The fourth-order valence-electron chi connectivity index (χ4n) is 1.69. The van der Waals surface area contributed by atoms with Gasteiger partial charge in [0.25, 0.3) is 0 Å². The second-order valence-corrected chi connectivity index (χ2v) is 6.58. The number of rotatable bonds is 6. The average molecular weight is 273 g/mol. The van der Waals surface area contributed by atoms with E-state index in [-0.39, 0.29) is 5.60 Å². The molecule has 1 aliphatic rings. The van der Waals surface area contributed by atoms with E-state index in [4.69, 9.17) is 4.74 Å². The third-order valence-electron chi connectivity index (χ3n) is 3.04. The van der Waals surface area contributed by atoms with E-state index in [1.54, 1.807) is 7.11 Å². The van der Waals surface area contributed by atoms with E-state index in [0.29, 0.717) is 6.54 Å². The number of hydrogen-bond donors (Lipinski definition) is 2. The maximum Gasteiger partial charge on any atom is 0.191 e. The van der Waals surface area contributed by atoms with Crippen LogP contribution in [0.3, 0.4) is 0 Å². The molecule has 1 atom stereocenters. The van der Waals surface area contributed by atoms with Crippen LogP contribution < -0.4 is 10.6 Å². The second kappa shape index (κ2) is 7.89. The van der Waals surface area contributed by atoms with Gasteiger partial charge in [-0.1, -0.05) is 0 Å². The quantitative estimate of drug-likeness (QED) is 0.573. The Labute approximate surface area is 115 Å². The zero-order chi connectivity index (χ0) is 13.4. The third kappa shape index (κ3) is 5.96. The van der Waals surface area contributed by atoms with Gasteiger partial charge in [-0.05, 0) is 39.4 Å². The number of ether oxygens (including phenoxy) is 1. The lowest BCUT2D eigenvalue weighted by atomic mass is 10.1. The highest BCUT2D eigenvalue weighted by Crippen LogP contribution is 2.25. The van der Waals surface area contributed by atoms with E-state index in [1.165, 1.54) is 18.6 Å². The maximum absolute atomic E-state index is 5.38. The molecule has 0 aliphatic carbocycles. The minimum atomic E-state index is -0.204. The van der Waals surface area contributed by atoms with Crippen LogP contribution >= 0.6 is 11.8 Å². The van der Waals surface area contributed by atoms with Crippen LogP contribution in [0.5, 0.6) is 0 Å². The van der Waals surface area contributed by atoms with E-state index < -0.39 is 0 Å². The minimum Gasteiger partial charge on any atom is -0.377 e. The Hall–Kier alpha value is -0.420. The molecule has 1 heterocycles. The normalized spacial score (nSPS) is 21.1. The van der Waals surface area contributed by atoms with E-state index in [1.807, 2.05) is 13.8 Å². The van der Waals surface area contributed by atoms with Gasteiger partial charge in [-0.25, -0.2) is 0 Å². The average Bonchev–Trinajstić information content (AvgIpc) is 2.86. The molecular formula is C13H27N3OS. The molecule has 0 saturated carbocycles. The van der Waals surface area contributed by atoms with Crippen molar-refractivity contribution in [3.63, 3.8) is 0 Å². The van der Waals surface area contributed by atoms with Crippen molar-refractivity contribution in [3.05, 3.63) is 0 Å². The van der Waals surface area contributed by atoms with Crippen molar-refractivity contribution in [1.29, 1.82) is 0 Å². The van der Waals surface area contributed by atoms with Gasteiger partial charge in [0, 0.05) is 25.4 Å². The van der Waals surface area contributed by atoms with Crippen LogP contribution in [-0.2, 0) is 4.74 Å². The smallest absolute Gasteiger partial charge is 0.191 e. The molecule has 0 aromatic rings. The Morgan fingerprint density at radius 3 is 2.78 bits per heavy atom. The van der Waals surface area contributed by atoms with Gasteiger partial charge in [-0.3, -0.25) is 4.99 Å². The van der Waals surface area contributed by atoms with Crippen LogP contribution in [0.1, 0.15) is 33.6 Å². The van der Waals surface area contributed by atoms with Gasteiger partial charge in [0.1, 0.15) is 0 Å². The van der Waals surface area contributed by atoms with Crippen LogP contribution in [0.15, 0.2) is 4.99 Å². The molecule has 4 nitrogen and oxygen atoms in total. The zero-order valence-corrected chi connectivity index (χ0v) is 12.9. The lowest BCUT2D eigenvalue weighted by molar-refractivity contribution is 0.0310. The van der Waals surface area contributed by atoms with Crippen molar-refractivity contribution in [2.75, 3.05) is 32.5 Å². The van der Waals surface area contributed by atoms with Gasteiger partial charge in [0.2, 0.25) is 0 Å². The highest BCUT2D eigenvalue weighted by molar-refractivity contribution is 8.00. The Morgan fingerprint density at radius 1 is 1.44 bits per heavy atom. The van der Waals surface area contributed by atoms with Gasteiger partial charge in [0.15, 0.2) is 5.96 Å². The summed E-state index contributed by atoms with van der Waals surface area (Å²) in [7, 11) is 1.73. The van der Waals surface area contributed by atoms with Crippen LogP contribution in [0.25, 0.3) is 0 Å². The van der Waals surface area contributed by atoms with Gasteiger partial charge in [-0.2, -0.15) is 11.8 Å². The summed E-state index contributed by atoms with van der Waals surface area (Å²) in [5.41, 5.74) is -0.204. The second-order valence-electron chi connectivity index (χ2n) is 5.17. The Kier molecular flexibility index (Phi) is 6.86. The summed E-state index contributed by atoms with van der Waals surface area (Å²) in [5.74, 6) is 2.20. The first kappa shape index (κ1) is 15.6. The Bertz CT molecular complexity index is 263. The lowest BCUT2D eigenvalue weighted by Crippen LogP contribution is -2.41. The number of methoxy groups -OCH3 is 1. The number of guanidine groups is 1. The predicted octanol–water partition coefficient (Wildman–Crippen LogP) is 1.86. The van der Waals surface area contributed by atoms with Crippen molar-refractivity contribution in [2.24, 2.45) is 4.99 Å². The first-order valence-corrected chi connectivity index (χ1v) is 7.81. The van der Waals surface area contributed by atoms with Gasteiger partial charge in [-0.15, -0.1) is 0 Å². The SMILES string of the molecule is CCNC(=NCC(C)(C)OC)NCC1CCCS1. The zero-order valence-electron chi connectivity index (χ0n) is 12.1. The summed E-state index contributed by atoms with van der Waals surface area (Å²) >= 11 is 2.06. The summed E-state index contributed by atoms with van der Waals surface area (Å²) in [6, 6.07) is 0. The molecule has 0 spiro atoms. The third-order valence-corrected chi connectivity index (χ3v) is 4.43. The molecule has 0 amide bonds. The highest BCUT2D eigenvalue weighted by Gasteiger charge is 2.17. The molecule has 0 bridgehead atoms. The molecule has 1 fully saturated rings. The van der Waals surface area contributed by atoms with Gasteiger partial charge >= 0.3 is 0 Å². The molecule has 0 aromatic carbocycles. The Morgan fingerprint density at radius 2 is 2.22 bits per heavy atom. The topological polar surface area (TPSA) is 45.7 Å². The van der Waals surface area contributed by atoms with Crippen LogP contribution in [0.2, 0.25) is 0 Å². The molecular weight excluding hydrogens is 246 g/mol. The fraction of sp³-hybridized carbons (Fsp3) is 0.923. The molecule has 1 rings (SSSR count). The van der Waals surface area contributed by atoms with Crippen molar-refractivity contribution in [1.82, 2.24) is 10.6 Å². The standard InChI is InChI=1S/C13H27N3OS/c1-5-14-12(16-10-13(2,3)17-4)15-9-11-7-6-8-18-11/h11H,5-10H2,1-4H3,(H2,14,15,16). The van der Waals surface area contributed by atoms with Crippen molar-refractivity contribution < 1.29 is 4.74 Å². The van der Waals surface area contributed by atoms with Crippen molar-refractivity contribution in [2.45, 2.75) is 44.5 Å². The molecule has 2 N–H and O–H groups in total. The molecule has 106 valence electrons. The van der Waals surface area contributed by atoms with Gasteiger partial charge in [0.05, 0.1) is 12.1 Å². The first-order valence-electron chi connectivity index (χ1n) is 6.76. The summed E-state index contributed by atoms with van der Waals surface area (Å²) in [5, 5.41) is 7.44. The van der Waals surface area contributed by atoms with Crippen LogP contribution in [-0.4, -0.2) is 49.3 Å². The summed E-state index contributed by atoms with van der Waals surface area (Å²) in [6.45, 7) is 8.74. The summed E-state index contributed by atoms with van der Waals surface area (Å²) in [6.07, 6.45) is 2.67. The van der Waals surface area contributed by atoms with E-state index in [2.05, 4.69) is 34.3 Å². The molecule has 1 saturated heterocycles. The molecule has 0 aromatic heterocycles. The molecule has 0 radical (unpaired) electrons. The molecule has 1 aliphatic heterocycles. The predicted molar refractivity (Wildman–Crippen MR) is 80.5 cm³/mol. The van der Waals surface area contributed by atoms with Crippen molar-refractivity contribution >= 4 is 17.7 Å². The summed E-state index contributed by atoms with van der Waals surface area (Å²) < 4.78 is 5.38. The Balaban J connectivity index is 2.39. The van der Waals surface area contributed by atoms with E-state index in [0.717, 1.165) is 24.3 Å². The highest BCUT2D eigenvalue weighted by atomic mass is 32.2. The first-order chi connectivity index (χ1) is 8.57. The van der Waals surface area contributed by atoms with E-state index in [9.17, 15) is 0 Å². The number of aliphatic imine (C=N–C) groups is 1. The number of nitrogens with zero attached hydrogens (tertiary/aromatic N) is 1. The number of hydrogen-bond acceptors (Lipinski definition) is 3. The van der Waals surface area contributed by atoms with Crippen molar-refractivity contribution in [3.8, 4) is 0 Å². The van der Waals surface area contributed by atoms with Crippen LogP contribution in [0, 0.1) is 0 Å². The van der Waals surface area contributed by atoms with Crippen LogP contribution in [0.4, 0.5) is 0 Å². The monoisotopic (exact) mass is 273 g/mol.